The first-order valence-electron chi connectivity index (χ1n) is 33.7. The molecule has 11 nitrogen and oxygen atoms in total. The summed E-state index contributed by atoms with van der Waals surface area (Å²) in [6.45, 7) is 9.38. The molecular weight excluding hydrogens is 945 g/mol. The van der Waals surface area contributed by atoms with Crippen molar-refractivity contribution in [1.29, 1.82) is 0 Å². The molecule has 0 saturated heterocycles. The molecule has 0 saturated carbocycles. The van der Waals surface area contributed by atoms with Crippen LogP contribution in [0.15, 0.2) is 0 Å². The van der Waals surface area contributed by atoms with Crippen molar-refractivity contribution >= 4 is 24.1 Å². The Hall–Kier alpha value is -2.72. The van der Waals surface area contributed by atoms with Crippen LogP contribution in [0, 0.1) is 0 Å². The van der Waals surface area contributed by atoms with Crippen molar-refractivity contribution in [3.05, 3.63) is 0 Å². The highest BCUT2D eigenvalue weighted by atomic mass is 16.5. The molecule has 0 spiro atoms. The molecule has 1 unspecified atom stereocenters. The summed E-state index contributed by atoms with van der Waals surface area (Å²) >= 11 is 0. The molecule has 6 N–H and O–H groups in total. The van der Waals surface area contributed by atoms with Gasteiger partial charge in [-0.25, -0.2) is 19.2 Å². The monoisotopic (exact) mass is 1080 g/mol. The summed E-state index contributed by atoms with van der Waals surface area (Å²) in [5.41, 5.74) is 0. The SMILES string of the molecule is CCCCCCCCCCCCCCCCCCNC(=O)NCCCCC(NC(=O)NCCCCCCCCCCCCCCCCCC)C(=O)OCCNC(=O)NCCCCCCCCCCCCCCCCCC. The van der Waals surface area contributed by atoms with E-state index in [0.29, 0.717) is 45.4 Å². The highest BCUT2D eigenvalue weighted by Gasteiger charge is 2.22. The molecule has 0 rings (SSSR count). The number of carbonyl (C=O) groups is 4. The van der Waals surface area contributed by atoms with Gasteiger partial charge < -0.3 is 36.6 Å². The van der Waals surface area contributed by atoms with Crippen molar-refractivity contribution < 1.29 is 23.9 Å². The van der Waals surface area contributed by atoms with Crippen molar-refractivity contribution in [1.82, 2.24) is 31.9 Å². The van der Waals surface area contributed by atoms with Crippen LogP contribution >= 0.6 is 0 Å². The van der Waals surface area contributed by atoms with Crippen LogP contribution < -0.4 is 31.9 Å². The minimum Gasteiger partial charge on any atom is -0.462 e. The first kappa shape index (κ1) is 73.3. The van der Waals surface area contributed by atoms with Gasteiger partial charge in [0.15, 0.2) is 0 Å². The molecule has 450 valence electrons. The zero-order valence-corrected chi connectivity index (χ0v) is 50.9. The largest absolute Gasteiger partial charge is 0.462 e. The zero-order valence-electron chi connectivity index (χ0n) is 50.9. The van der Waals surface area contributed by atoms with Gasteiger partial charge in [-0.1, -0.05) is 310 Å². The smallest absolute Gasteiger partial charge is 0.328 e. The average Bonchev–Trinajstić information content (AvgIpc) is 3.41. The Balaban J connectivity index is 4.34. The maximum Gasteiger partial charge on any atom is 0.328 e. The fraction of sp³-hybridized carbons (Fsp3) is 0.938. The summed E-state index contributed by atoms with van der Waals surface area (Å²) in [4.78, 5) is 51.0. The molecule has 0 bridgehead atoms. The van der Waals surface area contributed by atoms with Crippen molar-refractivity contribution in [3.63, 3.8) is 0 Å². The van der Waals surface area contributed by atoms with Crippen LogP contribution in [0.1, 0.15) is 348 Å². The molecule has 0 aromatic carbocycles. The number of urea groups is 3. The lowest BCUT2D eigenvalue weighted by molar-refractivity contribution is -0.145. The highest BCUT2D eigenvalue weighted by Crippen LogP contribution is 2.17. The molecule has 0 heterocycles. The van der Waals surface area contributed by atoms with Crippen LogP contribution in [-0.2, 0) is 9.53 Å². The Kier molecular flexibility index (Phi) is 60.9. The summed E-state index contributed by atoms with van der Waals surface area (Å²) in [5, 5.41) is 17.4. The van der Waals surface area contributed by atoms with Crippen LogP contribution in [-0.4, -0.2) is 69.4 Å². The van der Waals surface area contributed by atoms with E-state index in [1.807, 2.05) is 0 Å². The van der Waals surface area contributed by atoms with Crippen LogP contribution in [0.2, 0.25) is 0 Å². The van der Waals surface area contributed by atoms with E-state index in [9.17, 15) is 19.2 Å². The van der Waals surface area contributed by atoms with Gasteiger partial charge in [-0.2, -0.15) is 0 Å². The highest BCUT2D eigenvalue weighted by molar-refractivity contribution is 5.83. The van der Waals surface area contributed by atoms with Gasteiger partial charge in [0.25, 0.3) is 0 Å². The number of hydrogen-bond donors (Lipinski definition) is 6. The zero-order chi connectivity index (χ0) is 55.1. The molecule has 11 heteroatoms. The predicted octanol–water partition coefficient (Wildman–Crippen LogP) is 18.8. The van der Waals surface area contributed by atoms with Crippen LogP contribution in [0.3, 0.4) is 0 Å². The lowest BCUT2D eigenvalue weighted by Gasteiger charge is -2.18. The number of ether oxygens (including phenoxy) is 1. The van der Waals surface area contributed by atoms with Gasteiger partial charge >= 0.3 is 24.1 Å². The molecule has 1 atom stereocenters. The van der Waals surface area contributed by atoms with Gasteiger partial charge in [0.05, 0.1) is 6.54 Å². The number of esters is 1. The van der Waals surface area contributed by atoms with Crippen molar-refractivity contribution in [2.24, 2.45) is 0 Å². The molecule has 6 amide bonds. The third-order valence-corrected chi connectivity index (χ3v) is 15.4. The maximum atomic E-state index is 13.2. The average molecular weight is 1080 g/mol. The summed E-state index contributed by atoms with van der Waals surface area (Å²) in [7, 11) is 0. The number of unbranched alkanes of at least 4 members (excludes halogenated alkanes) is 46. The van der Waals surface area contributed by atoms with Crippen molar-refractivity contribution in [2.75, 3.05) is 39.3 Å². The predicted molar refractivity (Wildman–Crippen MR) is 327 cm³/mol. The van der Waals surface area contributed by atoms with Crippen LogP contribution in [0.5, 0.6) is 0 Å². The second-order valence-electron chi connectivity index (χ2n) is 22.9. The summed E-state index contributed by atoms with van der Waals surface area (Å²) in [5.74, 6) is -0.516. The normalized spacial score (nSPS) is 11.6. The maximum absolute atomic E-state index is 13.2. The van der Waals surface area contributed by atoms with Gasteiger partial charge in [-0.05, 0) is 38.5 Å². The lowest BCUT2D eigenvalue weighted by atomic mass is 10.0. The van der Waals surface area contributed by atoms with E-state index in [2.05, 4.69) is 52.7 Å². The summed E-state index contributed by atoms with van der Waals surface area (Å²) in [6, 6.07) is -1.62. The third-order valence-electron chi connectivity index (χ3n) is 15.4. The number of amides is 6. The van der Waals surface area contributed by atoms with Crippen molar-refractivity contribution in [3.8, 4) is 0 Å². The number of nitrogens with one attached hydrogen (secondary N) is 6. The first-order chi connectivity index (χ1) is 37.4. The van der Waals surface area contributed by atoms with E-state index in [-0.39, 0.29) is 31.2 Å². The molecule has 0 aromatic heterocycles. The third kappa shape index (κ3) is 59.0. The van der Waals surface area contributed by atoms with E-state index >= 15 is 0 Å². The van der Waals surface area contributed by atoms with Crippen LogP contribution in [0.25, 0.3) is 0 Å². The fourth-order valence-electron chi connectivity index (χ4n) is 10.3. The number of carbonyl (C=O) groups excluding carboxylic acids is 4. The molecule has 0 aliphatic heterocycles. The van der Waals surface area contributed by atoms with E-state index in [1.54, 1.807) is 0 Å². The molecule has 76 heavy (non-hydrogen) atoms. The molecule has 0 fully saturated rings. The van der Waals surface area contributed by atoms with Gasteiger partial charge in [-0.15, -0.1) is 0 Å². The molecule has 0 aliphatic rings. The van der Waals surface area contributed by atoms with E-state index in [4.69, 9.17) is 4.74 Å². The van der Waals surface area contributed by atoms with Gasteiger partial charge in [0, 0.05) is 26.2 Å². The molecule has 0 radical (unpaired) electrons. The topological polar surface area (TPSA) is 150 Å². The Morgan fingerprint density at radius 2 is 0.474 bits per heavy atom. The summed E-state index contributed by atoms with van der Waals surface area (Å²) in [6.07, 6.45) is 64.8. The molecule has 0 aliphatic carbocycles. The Bertz CT molecular complexity index is 1220. The fourth-order valence-corrected chi connectivity index (χ4v) is 10.3. The van der Waals surface area contributed by atoms with Crippen molar-refractivity contribution in [2.45, 2.75) is 354 Å². The quantitative estimate of drug-likeness (QED) is 0.0265. The first-order valence-corrected chi connectivity index (χ1v) is 33.7. The number of rotatable bonds is 61. The Morgan fingerprint density at radius 3 is 0.737 bits per heavy atom. The van der Waals surface area contributed by atoms with E-state index in [0.717, 1.165) is 38.5 Å². The summed E-state index contributed by atoms with van der Waals surface area (Å²) < 4.78 is 5.55. The molecule has 0 aromatic rings. The standard InChI is InChI=1S/C65H130N6O5/c1-4-7-10-13-16-19-22-25-28-31-34-37-40-43-46-50-55-66-63(73)68-58-53-49-54-61(71-65(75)69-57-52-48-45-42-39-36-33-30-27-24-21-18-15-12-9-6-3)62(72)76-60-59-70-64(74)67-56-51-47-44-41-38-35-32-29-26-23-20-17-14-11-8-5-2/h61H,4-60H2,1-3H3,(H2,66,68,73)(H2,67,70,74)(H2,69,71,75). The van der Waals surface area contributed by atoms with E-state index < -0.39 is 12.0 Å². The Labute approximate surface area is 471 Å². The minimum absolute atomic E-state index is 0.0193. The van der Waals surface area contributed by atoms with Gasteiger partial charge in [-0.3, -0.25) is 0 Å². The lowest BCUT2D eigenvalue weighted by Crippen LogP contribution is -2.47. The van der Waals surface area contributed by atoms with Gasteiger partial charge in [0.1, 0.15) is 12.6 Å². The second kappa shape index (κ2) is 63.1. The van der Waals surface area contributed by atoms with E-state index in [1.165, 1.54) is 270 Å². The minimum atomic E-state index is -0.821. The van der Waals surface area contributed by atoms with Gasteiger partial charge in [0.2, 0.25) is 0 Å². The Morgan fingerprint density at radius 1 is 0.263 bits per heavy atom. The molecular formula is C65H130N6O5. The second-order valence-corrected chi connectivity index (χ2v) is 22.9. The van der Waals surface area contributed by atoms with Crippen LogP contribution in [0.4, 0.5) is 14.4 Å². The number of hydrogen-bond acceptors (Lipinski definition) is 5.